The molecule has 0 saturated carbocycles. The van der Waals surface area contributed by atoms with Crippen molar-refractivity contribution in [3.8, 4) is 6.07 Å². The van der Waals surface area contributed by atoms with Crippen LogP contribution in [0.1, 0.15) is 157 Å². The first-order chi connectivity index (χ1) is 23.7. The summed E-state index contributed by atoms with van der Waals surface area (Å²) in [6, 6.07) is 1.55. The Morgan fingerprint density at radius 3 is 1.90 bits per heavy atom. The van der Waals surface area contributed by atoms with E-state index in [0.29, 0.717) is 12.8 Å². The summed E-state index contributed by atoms with van der Waals surface area (Å²) >= 11 is 0. The van der Waals surface area contributed by atoms with E-state index in [1.807, 2.05) is 32.7 Å². The molecule has 2 aliphatic heterocycles. The zero-order chi connectivity index (χ0) is 37.0. The zero-order valence-corrected chi connectivity index (χ0v) is 32.5. The first-order valence-corrected chi connectivity index (χ1v) is 21.9. The van der Waals surface area contributed by atoms with E-state index in [0.717, 1.165) is 49.3 Å². The van der Waals surface area contributed by atoms with Crippen molar-refractivity contribution in [1.82, 2.24) is 14.2 Å². The maximum atomic E-state index is 14.7. The first kappa shape index (κ1) is 42.7. The van der Waals surface area contributed by atoms with E-state index in [-0.39, 0.29) is 30.8 Å². The van der Waals surface area contributed by atoms with Gasteiger partial charge in [-0.25, -0.2) is 0 Å². The summed E-state index contributed by atoms with van der Waals surface area (Å²) < 4.78 is 37.5. The van der Waals surface area contributed by atoms with Gasteiger partial charge in [0, 0.05) is 0 Å². The van der Waals surface area contributed by atoms with Gasteiger partial charge in [-0.3, -0.25) is 0 Å². The maximum absolute atomic E-state index is 14.7. The predicted octanol–water partition coefficient (Wildman–Crippen LogP) is 7.65. The number of aromatic nitrogens is 2. The SMILES string of the molecule is CCCCCCCCCC1(CCCCCCCCC)O[C@@H]2[C@@H](O1)[C@H](n1cc(F)c(=O)[nH]c1=O)O[C@H]2CP(O)(O)(CCC#N)N(C(C)C)C(C)C. The second kappa shape index (κ2) is 19.4. The molecule has 2 aliphatic rings. The minimum atomic E-state index is -4.84. The summed E-state index contributed by atoms with van der Waals surface area (Å²) in [6.45, 7) is 11.9. The second-order valence-corrected chi connectivity index (χ2v) is 19.2. The van der Waals surface area contributed by atoms with Crippen LogP contribution in [0.4, 0.5) is 4.39 Å². The number of unbranched alkanes of at least 4 members (excludes halogenated alkanes) is 12. The molecular weight excluding hydrogens is 662 g/mol. The van der Waals surface area contributed by atoms with Crippen molar-refractivity contribution in [2.45, 2.75) is 193 Å². The number of nitriles is 1. The third-order valence-corrected chi connectivity index (χ3v) is 14.6. The number of halogens is 1. The van der Waals surface area contributed by atoms with Crippen molar-refractivity contribution in [1.29, 1.82) is 5.26 Å². The van der Waals surface area contributed by atoms with Crippen molar-refractivity contribution in [3.05, 3.63) is 32.9 Å². The van der Waals surface area contributed by atoms with Crippen molar-refractivity contribution in [2.75, 3.05) is 12.3 Å². The molecule has 50 heavy (non-hydrogen) atoms. The van der Waals surface area contributed by atoms with Gasteiger partial charge in [-0.15, -0.1) is 0 Å². The molecule has 13 heteroatoms. The molecule has 0 spiro atoms. The average Bonchev–Trinajstić information content (AvgIpc) is 3.56. The van der Waals surface area contributed by atoms with Crippen LogP contribution in [0, 0.1) is 17.1 Å². The number of fused-ring (bicyclic) bond motifs is 1. The molecule has 288 valence electrons. The number of hydrogen-bond acceptors (Lipinski definition) is 9. The summed E-state index contributed by atoms with van der Waals surface area (Å²) in [6.07, 6.45) is 13.4. The molecule has 2 fully saturated rings. The molecule has 3 N–H and O–H groups in total. The number of aromatic amines is 1. The summed E-state index contributed by atoms with van der Waals surface area (Å²) in [5.74, 6) is -2.13. The van der Waals surface area contributed by atoms with Crippen LogP contribution in [0.5, 0.6) is 0 Å². The van der Waals surface area contributed by atoms with Crippen molar-refractivity contribution < 1.29 is 28.4 Å². The molecule has 0 aliphatic carbocycles. The number of ether oxygens (including phenoxy) is 3. The minimum absolute atomic E-state index is 0.0760. The zero-order valence-electron chi connectivity index (χ0n) is 31.6. The van der Waals surface area contributed by atoms with E-state index in [1.54, 1.807) is 4.67 Å². The van der Waals surface area contributed by atoms with Crippen molar-refractivity contribution in [2.24, 2.45) is 0 Å². The van der Waals surface area contributed by atoms with Crippen LogP contribution in [0.3, 0.4) is 0 Å². The Balaban J connectivity index is 1.99. The molecule has 3 heterocycles. The van der Waals surface area contributed by atoms with Crippen LogP contribution in [0.2, 0.25) is 0 Å². The monoisotopic (exact) mass is 728 g/mol. The predicted molar refractivity (Wildman–Crippen MR) is 196 cm³/mol. The van der Waals surface area contributed by atoms with Gasteiger partial charge in [0.2, 0.25) is 0 Å². The summed E-state index contributed by atoms with van der Waals surface area (Å²) in [7, 11) is -4.84. The molecule has 0 unspecified atom stereocenters. The number of H-pyrrole nitrogens is 1. The molecular formula is C37H66FN4O7P. The van der Waals surface area contributed by atoms with Gasteiger partial charge in [0.25, 0.3) is 0 Å². The Kier molecular flexibility index (Phi) is 16.6. The average molecular weight is 729 g/mol. The van der Waals surface area contributed by atoms with Gasteiger partial charge in [0.1, 0.15) is 0 Å². The van der Waals surface area contributed by atoms with Gasteiger partial charge in [-0.1, -0.05) is 26.7 Å². The Hall–Kier alpha value is -1.71. The normalized spacial score (nSPS) is 22.7. The molecule has 3 rings (SSSR count). The number of hydrogen-bond donors (Lipinski definition) is 3. The number of rotatable bonds is 24. The van der Waals surface area contributed by atoms with E-state index >= 15 is 0 Å². The fourth-order valence-electron chi connectivity index (χ4n) is 8.20. The molecule has 1 aromatic heterocycles. The number of nitrogens with one attached hydrogen (secondary N) is 1. The molecule has 0 radical (unpaired) electrons. The quantitative estimate of drug-likeness (QED) is 0.0721. The van der Waals surface area contributed by atoms with Crippen LogP contribution >= 0.6 is 7.21 Å². The standard InChI is InChI=1S/C37H66FN4O7P/c1-7-9-11-13-15-17-19-22-37(23-20-18-16-14-12-10-8-2)48-32-31(27-50(45,46,25-21-24-39)42(28(3)4)29(5)6)47-35(33(32)49-37)41-26-30(38)34(43)40-36(41)44/h26,28-29,31-33,35,45-46H,7-23,25,27H2,1-6H3,(H,40,43,44)/t31-,32-,33+,35+/m0/s1. The van der Waals surface area contributed by atoms with E-state index < -0.39 is 54.6 Å². The van der Waals surface area contributed by atoms with E-state index in [9.17, 15) is 29.0 Å². The Labute approximate surface area is 299 Å². The van der Waals surface area contributed by atoms with Gasteiger partial charge >= 0.3 is 273 Å². The van der Waals surface area contributed by atoms with Gasteiger partial charge in [-0.2, -0.15) is 0 Å². The third kappa shape index (κ3) is 11.1. The summed E-state index contributed by atoms with van der Waals surface area (Å²) in [5, 5.41) is 9.53. The Morgan fingerprint density at radius 1 is 0.900 bits per heavy atom. The van der Waals surface area contributed by atoms with Crippen LogP contribution in [-0.2, 0) is 14.2 Å². The van der Waals surface area contributed by atoms with E-state index in [4.69, 9.17) is 14.2 Å². The summed E-state index contributed by atoms with van der Waals surface area (Å²) in [4.78, 5) is 51.9. The Bertz CT molecular complexity index is 1320. The molecule has 2 saturated heterocycles. The fraction of sp³-hybridized carbons (Fsp3) is 0.865. The van der Waals surface area contributed by atoms with Gasteiger partial charge < -0.3 is 0 Å². The van der Waals surface area contributed by atoms with Crippen molar-refractivity contribution >= 4 is 7.21 Å². The molecule has 1 aromatic rings. The van der Waals surface area contributed by atoms with Crippen LogP contribution in [0.25, 0.3) is 0 Å². The van der Waals surface area contributed by atoms with Crippen LogP contribution in [0.15, 0.2) is 15.8 Å². The molecule has 0 amide bonds. The third-order valence-electron chi connectivity index (χ3n) is 10.3. The first-order valence-electron chi connectivity index (χ1n) is 19.4. The van der Waals surface area contributed by atoms with Crippen molar-refractivity contribution in [3.63, 3.8) is 0 Å². The van der Waals surface area contributed by atoms with E-state index in [1.165, 1.54) is 51.4 Å². The van der Waals surface area contributed by atoms with Gasteiger partial charge in [-0.05, 0) is 0 Å². The second-order valence-electron chi connectivity index (χ2n) is 15.2. The van der Waals surface area contributed by atoms with Crippen LogP contribution in [-0.4, -0.2) is 72.5 Å². The van der Waals surface area contributed by atoms with Crippen LogP contribution < -0.4 is 11.2 Å². The van der Waals surface area contributed by atoms with E-state index in [2.05, 4.69) is 19.9 Å². The molecule has 0 bridgehead atoms. The Morgan fingerprint density at radius 2 is 1.40 bits per heavy atom. The topological polar surface area (TPSA) is 150 Å². The molecule has 4 atom stereocenters. The summed E-state index contributed by atoms with van der Waals surface area (Å²) in [5.41, 5.74) is -1.99. The van der Waals surface area contributed by atoms with Gasteiger partial charge in [0.15, 0.2) is 0 Å². The molecule has 0 aromatic carbocycles. The van der Waals surface area contributed by atoms with Gasteiger partial charge in [0.05, 0.1) is 0 Å². The number of nitrogens with zero attached hydrogens (tertiary/aromatic N) is 3. The molecule has 11 nitrogen and oxygen atoms in total. The fourth-order valence-corrected chi connectivity index (χ4v) is 12.5.